The zero-order chi connectivity index (χ0) is 18.1. The predicted octanol–water partition coefficient (Wildman–Crippen LogP) is 2.56. The van der Waals surface area contributed by atoms with Crippen molar-refractivity contribution in [2.75, 3.05) is 31.5 Å². The Hall–Kier alpha value is -2.37. The van der Waals surface area contributed by atoms with Crippen LogP contribution >= 0.6 is 0 Å². The van der Waals surface area contributed by atoms with Gasteiger partial charge in [0.05, 0.1) is 0 Å². The molecule has 2 N–H and O–H groups in total. The summed E-state index contributed by atoms with van der Waals surface area (Å²) >= 11 is 0. The van der Waals surface area contributed by atoms with Gasteiger partial charge in [-0.3, -0.25) is 9.80 Å². The molecule has 4 rings (SSSR count). The molecule has 0 amide bonds. The Labute approximate surface area is 154 Å². The molecule has 0 radical (unpaired) electrons. The number of nitrogens with one attached hydrogen (secondary N) is 1. The minimum atomic E-state index is -1.01. The summed E-state index contributed by atoms with van der Waals surface area (Å²) in [5, 5.41) is 13.3. The van der Waals surface area contributed by atoms with Crippen LogP contribution in [0, 0.1) is 6.92 Å². The Balaban J connectivity index is 1.43. The van der Waals surface area contributed by atoms with Gasteiger partial charge in [-0.05, 0) is 24.1 Å². The number of carboxylic acid groups (broad SMARTS) is 1. The molecule has 2 aliphatic heterocycles. The molecule has 2 heterocycles. The van der Waals surface area contributed by atoms with Crippen LogP contribution in [0.25, 0.3) is 0 Å². The number of benzene rings is 2. The van der Waals surface area contributed by atoms with E-state index in [4.69, 9.17) is 0 Å². The number of carboxylic acids is 1. The molecule has 2 aromatic rings. The summed E-state index contributed by atoms with van der Waals surface area (Å²) in [6.45, 7) is 6.27. The standard InChI is InChI=1S/C21H25N3O2/c1-16-6-8-17(9-7-16)15-23-10-12-24(13-11-23)21(20(25)26)14-18-4-2-3-5-19(18)22-21/h2-9,22H,10-15H2,1H3,(H,25,26)/t21-/m0/s1. The first-order valence-corrected chi connectivity index (χ1v) is 9.19. The zero-order valence-electron chi connectivity index (χ0n) is 15.1. The maximum absolute atomic E-state index is 12.2. The lowest BCUT2D eigenvalue weighted by molar-refractivity contribution is -0.150. The quantitative estimate of drug-likeness (QED) is 0.887. The molecule has 0 saturated carbocycles. The van der Waals surface area contributed by atoms with Gasteiger partial charge in [-0.15, -0.1) is 0 Å². The maximum atomic E-state index is 12.2. The average Bonchev–Trinajstić information content (AvgIpc) is 3.05. The zero-order valence-corrected chi connectivity index (χ0v) is 15.1. The van der Waals surface area contributed by atoms with Gasteiger partial charge in [-0.25, -0.2) is 4.79 Å². The van der Waals surface area contributed by atoms with Crippen LogP contribution in [-0.2, 0) is 17.8 Å². The van der Waals surface area contributed by atoms with E-state index in [1.807, 2.05) is 24.3 Å². The first-order chi connectivity index (χ1) is 12.6. The molecule has 1 fully saturated rings. The molecule has 5 nitrogen and oxygen atoms in total. The van der Waals surface area contributed by atoms with Gasteiger partial charge in [0.2, 0.25) is 0 Å². The highest BCUT2D eigenvalue weighted by atomic mass is 16.4. The summed E-state index contributed by atoms with van der Waals surface area (Å²) in [7, 11) is 0. The number of fused-ring (bicyclic) bond motifs is 1. The highest BCUT2D eigenvalue weighted by Gasteiger charge is 2.49. The third-order valence-corrected chi connectivity index (χ3v) is 5.60. The van der Waals surface area contributed by atoms with Crippen molar-refractivity contribution in [3.63, 3.8) is 0 Å². The highest BCUT2D eigenvalue weighted by molar-refractivity contribution is 5.86. The third kappa shape index (κ3) is 3.08. The Bertz CT molecular complexity index is 770. The summed E-state index contributed by atoms with van der Waals surface area (Å²) in [6.07, 6.45) is 0.510. The summed E-state index contributed by atoms with van der Waals surface area (Å²) in [4.78, 5) is 16.7. The Morgan fingerprint density at radius 1 is 1.08 bits per heavy atom. The molecule has 5 heteroatoms. The number of para-hydroxylation sites is 1. The van der Waals surface area contributed by atoms with Crippen molar-refractivity contribution in [3.05, 3.63) is 65.2 Å². The monoisotopic (exact) mass is 351 g/mol. The summed E-state index contributed by atoms with van der Waals surface area (Å²) < 4.78 is 0. The second-order valence-electron chi connectivity index (χ2n) is 7.37. The number of nitrogens with zero attached hydrogens (tertiary/aromatic N) is 2. The molecule has 0 unspecified atom stereocenters. The van der Waals surface area contributed by atoms with Crippen molar-refractivity contribution in [2.45, 2.75) is 25.6 Å². The van der Waals surface area contributed by atoms with Crippen LogP contribution in [0.3, 0.4) is 0 Å². The number of rotatable bonds is 4. The van der Waals surface area contributed by atoms with Gasteiger partial charge >= 0.3 is 5.97 Å². The lowest BCUT2D eigenvalue weighted by Gasteiger charge is -2.43. The van der Waals surface area contributed by atoms with Crippen molar-refractivity contribution in [2.24, 2.45) is 0 Å². The topological polar surface area (TPSA) is 55.8 Å². The van der Waals surface area contributed by atoms with Crippen molar-refractivity contribution in [1.82, 2.24) is 9.80 Å². The van der Waals surface area contributed by atoms with Crippen LogP contribution in [0.1, 0.15) is 16.7 Å². The molecule has 2 aromatic carbocycles. The summed E-state index contributed by atoms with van der Waals surface area (Å²) in [5.41, 5.74) is 3.59. The third-order valence-electron chi connectivity index (χ3n) is 5.60. The molecule has 1 saturated heterocycles. The number of aryl methyl sites for hydroxylation is 1. The number of hydrogen-bond donors (Lipinski definition) is 2. The molecule has 0 spiro atoms. The van der Waals surface area contributed by atoms with Crippen LogP contribution in [0.15, 0.2) is 48.5 Å². The number of aliphatic carboxylic acids is 1. The Morgan fingerprint density at radius 2 is 1.77 bits per heavy atom. The van der Waals surface area contributed by atoms with E-state index in [0.717, 1.165) is 44.0 Å². The second kappa shape index (κ2) is 6.74. The first-order valence-electron chi connectivity index (χ1n) is 9.19. The molecule has 0 aliphatic carbocycles. The molecule has 0 aromatic heterocycles. The average molecular weight is 351 g/mol. The van der Waals surface area contributed by atoms with Crippen molar-refractivity contribution in [1.29, 1.82) is 0 Å². The Morgan fingerprint density at radius 3 is 2.42 bits per heavy atom. The van der Waals surface area contributed by atoms with Gasteiger partial charge < -0.3 is 10.4 Å². The number of anilines is 1. The normalized spacial score (nSPS) is 23.4. The lowest BCUT2D eigenvalue weighted by Crippen LogP contribution is -2.64. The summed E-state index contributed by atoms with van der Waals surface area (Å²) in [5.74, 6) is -0.791. The first kappa shape index (κ1) is 17.1. The highest BCUT2D eigenvalue weighted by Crippen LogP contribution is 2.35. The molecule has 26 heavy (non-hydrogen) atoms. The van der Waals surface area contributed by atoms with Crippen LogP contribution in [0.5, 0.6) is 0 Å². The van der Waals surface area contributed by atoms with E-state index in [-0.39, 0.29) is 0 Å². The van der Waals surface area contributed by atoms with E-state index in [1.54, 1.807) is 0 Å². The van der Waals surface area contributed by atoms with Crippen molar-refractivity contribution in [3.8, 4) is 0 Å². The lowest BCUT2D eigenvalue weighted by atomic mass is 10.0. The number of piperazine rings is 1. The van der Waals surface area contributed by atoms with E-state index in [0.29, 0.717) is 6.42 Å². The van der Waals surface area contributed by atoms with Crippen LogP contribution < -0.4 is 5.32 Å². The SMILES string of the molecule is Cc1ccc(CN2CCN([C@]3(C(=O)O)Cc4ccccc4N3)CC2)cc1. The molecular weight excluding hydrogens is 326 g/mol. The predicted molar refractivity (Wildman–Crippen MR) is 102 cm³/mol. The van der Waals surface area contributed by atoms with Gasteiger partial charge in [-0.2, -0.15) is 0 Å². The fourth-order valence-electron chi connectivity index (χ4n) is 4.03. The van der Waals surface area contributed by atoms with Gasteiger partial charge in [-0.1, -0.05) is 48.0 Å². The molecule has 1 atom stereocenters. The molecular formula is C21H25N3O2. The van der Waals surface area contributed by atoms with E-state index < -0.39 is 11.6 Å². The molecule has 136 valence electrons. The van der Waals surface area contributed by atoms with Crippen molar-refractivity contribution >= 4 is 11.7 Å². The van der Waals surface area contributed by atoms with E-state index >= 15 is 0 Å². The van der Waals surface area contributed by atoms with Gasteiger partial charge in [0.25, 0.3) is 0 Å². The van der Waals surface area contributed by atoms with Crippen molar-refractivity contribution < 1.29 is 9.90 Å². The van der Waals surface area contributed by atoms with Gasteiger partial charge in [0.15, 0.2) is 5.66 Å². The van der Waals surface area contributed by atoms with Gasteiger partial charge in [0.1, 0.15) is 0 Å². The second-order valence-corrected chi connectivity index (χ2v) is 7.37. The maximum Gasteiger partial charge on any atom is 0.345 e. The number of carbonyl (C=O) groups is 1. The minimum absolute atomic E-state index is 0.510. The van der Waals surface area contributed by atoms with E-state index in [1.165, 1.54) is 11.1 Å². The van der Waals surface area contributed by atoms with Crippen LogP contribution in [-0.4, -0.2) is 52.7 Å². The number of hydrogen-bond acceptors (Lipinski definition) is 4. The largest absolute Gasteiger partial charge is 0.478 e. The molecule has 2 aliphatic rings. The smallest absolute Gasteiger partial charge is 0.345 e. The van der Waals surface area contributed by atoms with E-state index in [9.17, 15) is 9.90 Å². The fourth-order valence-corrected chi connectivity index (χ4v) is 4.03. The van der Waals surface area contributed by atoms with Gasteiger partial charge in [0, 0.05) is 44.8 Å². The van der Waals surface area contributed by atoms with Crippen LogP contribution in [0.2, 0.25) is 0 Å². The Kier molecular flexibility index (Phi) is 4.42. The minimum Gasteiger partial charge on any atom is -0.478 e. The fraction of sp³-hybridized carbons (Fsp3) is 0.381. The molecule has 0 bridgehead atoms. The van der Waals surface area contributed by atoms with E-state index in [2.05, 4.69) is 46.3 Å². The van der Waals surface area contributed by atoms with Crippen LogP contribution in [0.4, 0.5) is 5.69 Å². The summed E-state index contributed by atoms with van der Waals surface area (Å²) in [6, 6.07) is 16.5.